The summed E-state index contributed by atoms with van der Waals surface area (Å²) in [5, 5.41) is 7.28. The molecule has 0 bridgehead atoms. The molecule has 0 radical (unpaired) electrons. The fourth-order valence-corrected chi connectivity index (χ4v) is 2.18. The predicted octanol–water partition coefficient (Wildman–Crippen LogP) is 3.27. The number of rotatable bonds is 5. The monoisotopic (exact) mass is 279 g/mol. The number of hydrogen-bond acceptors (Lipinski definition) is 3. The van der Waals surface area contributed by atoms with E-state index in [0.29, 0.717) is 0 Å². The van der Waals surface area contributed by atoms with Crippen LogP contribution in [-0.4, -0.2) is 22.3 Å². The van der Waals surface area contributed by atoms with Gasteiger partial charge in [-0.3, -0.25) is 5.10 Å². The van der Waals surface area contributed by atoms with Gasteiger partial charge in [0.05, 0.1) is 7.11 Å². The molecule has 3 rings (SSSR count). The van der Waals surface area contributed by atoms with Crippen LogP contribution < -0.4 is 4.74 Å². The first-order valence-electron chi connectivity index (χ1n) is 6.95. The highest BCUT2D eigenvalue weighted by Gasteiger charge is 2.05. The molecule has 0 aliphatic carbocycles. The van der Waals surface area contributed by atoms with Crippen LogP contribution in [0.3, 0.4) is 0 Å². The number of aryl methyl sites for hydroxylation is 2. The summed E-state index contributed by atoms with van der Waals surface area (Å²) in [5.41, 5.74) is 2.29. The number of aromatic amines is 1. The Labute approximate surface area is 123 Å². The summed E-state index contributed by atoms with van der Waals surface area (Å²) in [5.74, 6) is 2.54. The van der Waals surface area contributed by atoms with Crippen LogP contribution in [-0.2, 0) is 12.8 Å². The van der Waals surface area contributed by atoms with E-state index in [1.165, 1.54) is 5.56 Å². The maximum absolute atomic E-state index is 5.16. The molecule has 1 heterocycles. The van der Waals surface area contributed by atoms with E-state index < -0.39 is 0 Å². The van der Waals surface area contributed by atoms with Crippen molar-refractivity contribution in [3.8, 4) is 17.1 Å². The summed E-state index contributed by atoms with van der Waals surface area (Å²) in [6.07, 6.45) is 1.76. The Balaban J connectivity index is 1.64. The quantitative estimate of drug-likeness (QED) is 0.780. The lowest BCUT2D eigenvalue weighted by Crippen LogP contribution is -1.94. The summed E-state index contributed by atoms with van der Waals surface area (Å²) in [4.78, 5) is 4.54. The molecule has 0 amide bonds. The molecule has 0 spiro atoms. The molecule has 21 heavy (non-hydrogen) atoms. The molecule has 106 valence electrons. The minimum atomic E-state index is 0.750. The normalized spacial score (nSPS) is 10.5. The molecule has 4 nitrogen and oxygen atoms in total. The Bertz CT molecular complexity index is 690. The van der Waals surface area contributed by atoms with Gasteiger partial charge in [0.2, 0.25) is 0 Å². The van der Waals surface area contributed by atoms with Gasteiger partial charge < -0.3 is 4.74 Å². The zero-order valence-corrected chi connectivity index (χ0v) is 11.9. The largest absolute Gasteiger partial charge is 0.497 e. The third kappa shape index (κ3) is 3.28. The molecule has 0 aliphatic heterocycles. The molecule has 0 saturated heterocycles. The van der Waals surface area contributed by atoms with E-state index in [-0.39, 0.29) is 0 Å². The number of hydrogen-bond donors (Lipinski definition) is 1. The second kappa shape index (κ2) is 6.22. The lowest BCUT2D eigenvalue weighted by Gasteiger charge is -2.02. The minimum absolute atomic E-state index is 0.750. The van der Waals surface area contributed by atoms with E-state index in [1.807, 2.05) is 42.5 Å². The fraction of sp³-hybridized carbons (Fsp3) is 0.176. The molecule has 0 aliphatic rings. The Kier molecular flexibility index (Phi) is 3.96. The summed E-state index contributed by atoms with van der Waals surface area (Å²) in [7, 11) is 1.68. The first-order valence-corrected chi connectivity index (χ1v) is 6.95. The average Bonchev–Trinajstić information content (AvgIpc) is 3.03. The SMILES string of the molecule is COc1ccc(CCc2nc(-c3ccccc3)n[nH]2)cc1. The first-order chi connectivity index (χ1) is 10.3. The number of aromatic nitrogens is 3. The van der Waals surface area contributed by atoms with Gasteiger partial charge in [0.25, 0.3) is 0 Å². The van der Waals surface area contributed by atoms with Crippen molar-refractivity contribution in [1.82, 2.24) is 15.2 Å². The van der Waals surface area contributed by atoms with Gasteiger partial charge in [0, 0.05) is 12.0 Å². The van der Waals surface area contributed by atoms with E-state index in [2.05, 4.69) is 27.3 Å². The van der Waals surface area contributed by atoms with Crippen molar-refractivity contribution in [2.24, 2.45) is 0 Å². The third-order valence-corrected chi connectivity index (χ3v) is 3.37. The van der Waals surface area contributed by atoms with Crippen molar-refractivity contribution >= 4 is 0 Å². The molecule has 0 unspecified atom stereocenters. The fourth-order valence-electron chi connectivity index (χ4n) is 2.18. The lowest BCUT2D eigenvalue weighted by atomic mass is 10.1. The molecule has 0 saturated carbocycles. The zero-order valence-electron chi connectivity index (χ0n) is 11.9. The van der Waals surface area contributed by atoms with Gasteiger partial charge in [0.15, 0.2) is 5.82 Å². The molecule has 4 heteroatoms. The van der Waals surface area contributed by atoms with E-state index in [9.17, 15) is 0 Å². The molecule has 1 N–H and O–H groups in total. The number of methoxy groups -OCH3 is 1. The van der Waals surface area contributed by atoms with Crippen LogP contribution in [0.25, 0.3) is 11.4 Å². The second-order valence-corrected chi connectivity index (χ2v) is 4.82. The van der Waals surface area contributed by atoms with Crippen LogP contribution in [0.4, 0.5) is 0 Å². The van der Waals surface area contributed by atoms with Crippen LogP contribution in [0.5, 0.6) is 5.75 Å². The van der Waals surface area contributed by atoms with Gasteiger partial charge in [-0.1, -0.05) is 42.5 Å². The van der Waals surface area contributed by atoms with Crippen molar-refractivity contribution in [1.29, 1.82) is 0 Å². The highest BCUT2D eigenvalue weighted by atomic mass is 16.5. The highest BCUT2D eigenvalue weighted by molar-refractivity contribution is 5.53. The Hall–Kier alpha value is -2.62. The Morgan fingerprint density at radius 2 is 1.71 bits per heavy atom. The second-order valence-electron chi connectivity index (χ2n) is 4.82. The average molecular weight is 279 g/mol. The standard InChI is InChI=1S/C17H17N3O/c1-21-15-10-7-13(8-11-15)9-12-16-18-17(20-19-16)14-5-3-2-4-6-14/h2-8,10-11H,9,12H2,1H3,(H,18,19,20). The zero-order chi connectivity index (χ0) is 14.5. The number of nitrogens with one attached hydrogen (secondary N) is 1. The first kappa shape index (κ1) is 13.4. The van der Waals surface area contributed by atoms with E-state index >= 15 is 0 Å². The molecule has 3 aromatic rings. The van der Waals surface area contributed by atoms with E-state index in [1.54, 1.807) is 7.11 Å². The number of benzene rings is 2. The van der Waals surface area contributed by atoms with E-state index in [0.717, 1.165) is 35.8 Å². The molecule has 1 aromatic heterocycles. The summed E-state index contributed by atoms with van der Waals surface area (Å²) >= 11 is 0. The maximum atomic E-state index is 5.16. The lowest BCUT2D eigenvalue weighted by molar-refractivity contribution is 0.414. The van der Waals surface area contributed by atoms with Gasteiger partial charge in [0.1, 0.15) is 11.6 Å². The van der Waals surface area contributed by atoms with Crippen LogP contribution in [0.15, 0.2) is 54.6 Å². The maximum Gasteiger partial charge on any atom is 0.181 e. The van der Waals surface area contributed by atoms with Crippen LogP contribution in [0.2, 0.25) is 0 Å². The number of ether oxygens (including phenoxy) is 1. The Morgan fingerprint density at radius 1 is 0.952 bits per heavy atom. The Morgan fingerprint density at radius 3 is 2.43 bits per heavy atom. The summed E-state index contributed by atoms with van der Waals surface area (Å²) in [6.45, 7) is 0. The topological polar surface area (TPSA) is 50.8 Å². The highest BCUT2D eigenvalue weighted by Crippen LogP contribution is 2.15. The molecule has 0 fully saturated rings. The predicted molar refractivity (Wildman–Crippen MR) is 82.2 cm³/mol. The van der Waals surface area contributed by atoms with Crippen molar-refractivity contribution < 1.29 is 4.74 Å². The molecule has 2 aromatic carbocycles. The molecular weight excluding hydrogens is 262 g/mol. The molecule has 0 atom stereocenters. The van der Waals surface area contributed by atoms with E-state index in [4.69, 9.17) is 4.74 Å². The van der Waals surface area contributed by atoms with Crippen LogP contribution >= 0.6 is 0 Å². The van der Waals surface area contributed by atoms with Gasteiger partial charge in [-0.05, 0) is 24.1 Å². The third-order valence-electron chi connectivity index (χ3n) is 3.37. The summed E-state index contributed by atoms with van der Waals surface area (Å²) < 4.78 is 5.16. The smallest absolute Gasteiger partial charge is 0.181 e. The van der Waals surface area contributed by atoms with Crippen molar-refractivity contribution in [2.75, 3.05) is 7.11 Å². The molecular formula is C17H17N3O. The van der Waals surface area contributed by atoms with Gasteiger partial charge >= 0.3 is 0 Å². The van der Waals surface area contributed by atoms with Gasteiger partial charge in [-0.2, -0.15) is 5.10 Å². The minimum Gasteiger partial charge on any atom is -0.497 e. The van der Waals surface area contributed by atoms with Gasteiger partial charge in [-0.25, -0.2) is 4.98 Å². The summed E-state index contributed by atoms with van der Waals surface area (Å²) in [6, 6.07) is 18.1. The van der Waals surface area contributed by atoms with Crippen LogP contribution in [0, 0.1) is 0 Å². The number of H-pyrrole nitrogens is 1. The van der Waals surface area contributed by atoms with Gasteiger partial charge in [-0.15, -0.1) is 0 Å². The van der Waals surface area contributed by atoms with Crippen molar-refractivity contribution in [2.45, 2.75) is 12.8 Å². The number of nitrogens with zero attached hydrogens (tertiary/aromatic N) is 2. The van der Waals surface area contributed by atoms with Crippen LogP contribution in [0.1, 0.15) is 11.4 Å². The van der Waals surface area contributed by atoms with Crippen molar-refractivity contribution in [3.63, 3.8) is 0 Å². The van der Waals surface area contributed by atoms with Crippen molar-refractivity contribution in [3.05, 3.63) is 66.0 Å².